The van der Waals surface area contributed by atoms with E-state index in [1.807, 2.05) is 0 Å². The van der Waals surface area contributed by atoms with Crippen LogP contribution in [0.1, 0.15) is 42.5 Å². The smallest absolute Gasteiger partial charge is 0.253 e. The molecule has 1 amide bonds. The van der Waals surface area contributed by atoms with Gasteiger partial charge in [-0.15, -0.1) is 10.2 Å². The maximum Gasteiger partial charge on any atom is 0.253 e. The second-order valence-corrected chi connectivity index (χ2v) is 5.67. The van der Waals surface area contributed by atoms with Crippen LogP contribution in [0.15, 0.2) is 24.7 Å². The van der Waals surface area contributed by atoms with E-state index in [1.165, 1.54) is 6.42 Å². The van der Waals surface area contributed by atoms with Crippen LogP contribution in [0.4, 0.5) is 0 Å². The Morgan fingerprint density at radius 1 is 1.33 bits per heavy atom. The van der Waals surface area contributed by atoms with Gasteiger partial charge in [-0.25, -0.2) is 0 Å². The van der Waals surface area contributed by atoms with E-state index in [4.69, 9.17) is 0 Å². The molecule has 6 heteroatoms. The molecule has 112 valence electrons. The van der Waals surface area contributed by atoms with Crippen molar-refractivity contribution in [2.45, 2.75) is 38.1 Å². The summed E-state index contributed by atoms with van der Waals surface area (Å²) >= 11 is 0. The number of aliphatic hydroxyl groups excluding tert-OH is 1. The van der Waals surface area contributed by atoms with Gasteiger partial charge in [-0.05, 0) is 25.0 Å². The van der Waals surface area contributed by atoms with Gasteiger partial charge >= 0.3 is 0 Å². The lowest BCUT2D eigenvalue weighted by molar-refractivity contribution is 0.0899. The Bertz CT molecular complexity index is 625. The second-order valence-electron chi connectivity index (χ2n) is 5.67. The van der Waals surface area contributed by atoms with Gasteiger partial charge in [-0.1, -0.05) is 19.3 Å². The zero-order valence-corrected chi connectivity index (χ0v) is 11.9. The van der Waals surface area contributed by atoms with E-state index < -0.39 is 0 Å². The number of carbonyl (C=O) groups excluding carboxylic acids is 1. The molecule has 1 aliphatic rings. The summed E-state index contributed by atoms with van der Waals surface area (Å²) in [5.74, 6) is 0.0612. The number of hydrogen-bond donors (Lipinski definition) is 2. The first-order valence-corrected chi connectivity index (χ1v) is 7.49. The average molecular weight is 288 g/mol. The first-order chi connectivity index (χ1) is 10.3. The van der Waals surface area contributed by atoms with Crippen LogP contribution in [0.3, 0.4) is 0 Å². The zero-order valence-electron chi connectivity index (χ0n) is 11.9. The fraction of sp³-hybridized carbons (Fsp3) is 0.533. The first-order valence-electron chi connectivity index (χ1n) is 7.49. The fourth-order valence-electron chi connectivity index (χ4n) is 3.01. The number of aliphatic hydroxyl groups is 1. The van der Waals surface area contributed by atoms with Crippen LogP contribution < -0.4 is 5.32 Å². The Morgan fingerprint density at radius 3 is 3.05 bits per heavy atom. The van der Waals surface area contributed by atoms with Crippen molar-refractivity contribution in [2.24, 2.45) is 5.92 Å². The van der Waals surface area contributed by atoms with Gasteiger partial charge < -0.3 is 10.4 Å². The van der Waals surface area contributed by atoms with E-state index >= 15 is 0 Å². The van der Waals surface area contributed by atoms with Gasteiger partial charge in [-0.3, -0.25) is 9.20 Å². The summed E-state index contributed by atoms with van der Waals surface area (Å²) < 4.78 is 1.73. The molecule has 2 aromatic rings. The standard InChI is InChI=1S/C15H20N4O2/c20-9-12-4-2-1-3-5-13(12)17-15(21)11-6-7-14-18-16-10-19(14)8-11/h6-8,10,12-13,20H,1-5,9H2,(H,17,21). The molecule has 1 fully saturated rings. The molecule has 0 radical (unpaired) electrons. The van der Waals surface area contributed by atoms with E-state index in [2.05, 4.69) is 15.5 Å². The average Bonchev–Trinajstić information content (AvgIpc) is 2.86. The van der Waals surface area contributed by atoms with Crippen LogP contribution in [0.5, 0.6) is 0 Å². The molecule has 0 bridgehead atoms. The summed E-state index contributed by atoms with van der Waals surface area (Å²) in [7, 11) is 0. The van der Waals surface area contributed by atoms with Gasteiger partial charge in [0, 0.05) is 24.8 Å². The third-order valence-corrected chi connectivity index (χ3v) is 4.26. The lowest BCUT2D eigenvalue weighted by Crippen LogP contribution is -2.41. The minimum atomic E-state index is -0.101. The highest BCUT2D eigenvalue weighted by Gasteiger charge is 2.25. The Hall–Kier alpha value is -1.95. The summed E-state index contributed by atoms with van der Waals surface area (Å²) in [5, 5.41) is 20.3. The largest absolute Gasteiger partial charge is 0.396 e. The molecule has 3 rings (SSSR count). The van der Waals surface area contributed by atoms with Crippen molar-refractivity contribution in [3.05, 3.63) is 30.2 Å². The molecule has 2 aromatic heterocycles. The van der Waals surface area contributed by atoms with E-state index in [-0.39, 0.29) is 24.5 Å². The molecule has 2 heterocycles. The molecule has 1 aliphatic carbocycles. The molecular formula is C15H20N4O2. The molecule has 2 N–H and O–H groups in total. The van der Waals surface area contributed by atoms with Gasteiger partial charge in [0.25, 0.3) is 5.91 Å². The Labute approximate surface area is 123 Å². The van der Waals surface area contributed by atoms with Crippen LogP contribution in [0, 0.1) is 5.92 Å². The topological polar surface area (TPSA) is 79.5 Å². The quantitative estimate of drug-likeness (QED) is 0.837. The van der Waals surface area contributed by atoms with E-state index in [0.29, 0.717) is 11.2 Å². The highest BCUT2D eigenvalue weighted by atomic mass is 16.3. The number of fused-ring (bicyclic) bond motifs is 1. The normalized spacial score (nSPS) is 22.9. The minimum absolute atomic E-state index is 0.0570. The molecule has 1 saturated carbocycles. The van der Waals surface area contributed by atoms with Crippen molar-refractivity contribution >= 4 is 11.6 Å². The van der Waals surface area contributed by atoms with Crippen molar-refractivity contribution in [3.8, 4) is 0 Å². The Balaban J connectivity index is 1.74. The molecule has 0 saturated heterocycles. The van der Waals surface area contributed by atoms with Gasteiger partial charge in [0.1, 0.15) is 6.33 Å². The highest BCUT2D eigenvalue weighted by molar-refractivity contribution is 5.94. The molecule has 0 aliphatic heterocycles. The van der Waals surface area contributed by atoms with Crippen molar-refractivity contribution in [1.29, 1.82) is 0 Å². The second kappa shape index (κ2) is 6.22. The predicted octanol–water partition coefficient (Wildman–Crippen LogP) is 1.40. The van der Waals surface area contributed by atoms with E-state index in [1.54, 1.807) is 29.1 Å². The number of aromatic nitrogens is 3. The van der Waals surface area contributed by atoms with Crippen molar-refractivity contribution in [2.75, 3.05) is 6.61 Å². The van der Waals surface area contributed by atoms with E-state index in [9.17, 15) is 9.90 Å². The third-order valence-electron chi connectivity index (χ3n) is 4.26. The van der Waals surface area contributed by atoms with Crippen molar-refractivity contribution in [1.82, 2.24) is 19.9 Å². The van der Waals surface area contributed by atoms with Crippen molar-refractivity contribution < 1.29 is 9.90 Å². The van der Waals surface area contributed by atoms with Crippen LogP contribution in [-0.4, -0.2) is 38.3 Å². The number of nitrogens with one attached hydrogen (secondary N) is 1. The molecular weight excluding hydrogens is 268 g/mol. The molecule has 0 spiro atoms. The molecule has 0 aromatic carbocycles. The molecule has 21 heavy (non-hydrogen) atoms. The predicted molar refractivity (Wildman–Crippen MR) is 77.9 cm³/mol. The summed E-state index contributed by atoms with van der Waals surface area (Å²) in [4.78, 5) is 12.4. The number of pyridine rings is 1. The van der Waals surface area contributed by atoms with Gasteiger partial charge in [0.15, 0.2) is 5.65 Å². The number of hydrogen-bond acceptors (Lipinski definition) is 4. The van der Waals surface area contributed by atoms with Crippen LogP contribution in [0.25, 0.3) is 5.65 Å². The van der Waals surface area contributed by atoms with Crippen LogP contribution in [0.2, 0.25) is 0 Å². The maximum absolute atomic E-state index is 12.4. The third kappa shape index (κ3) is 3.05. The van der Waals surface area contributed by atoms with Gasteiger partial charge in [-0.2, -0.15) is 0 Å². The SMILES string of the molecule is O=C(NC1CCCCCC1CO)c1ccc2nncn2c1. The molecule has 2 unspecified atom stereocenters. The number of nitrogens with zero attached hydrogens (tertiary/aromatic N) is 3. The van der Waals surface area contributed by atoms with Crippen molar-refractivity contribution in [3.63, 3.8) is 0 Å². The summed E-state index contributed by atoms with van der Waals surface area (Å²) in [6, 6.07) is 3.59. The first kappa shape index (κ1) is 14.0. The molecule has 6 nitrogen and oxygen atoms in total. The summed E-state index contributed by atoms with van der Waals surface area (Å²) in [6.45, 7) is 0.134. The maximum atomic E-state index is 12.4. The summed E-state index contributed by atoms with van der Waals surface area (Å²) in [5.41, 5.74) is 1.30. The number of amides is 1. The number of rotatable bonds is 3. The van der Waals surface area contributed by atoms with Crippen LogP contribution >= 0.6 is 0 Å². The monoisotopic (exact) mass is 288 g/mol. The van der Waals surface area contributed by atoms with Crippen LogP contribution in [-0.2, 0) is 0 Å². The molecule has 2 atom stereocenters. The minimum Gasteiger partial charge on any atom is -0.396 e. The fourth-order valence-corrected chi connectivity index (χ4v) is 3.01. The van der Waals surface area contributed by atoms with E-state index in [0.717, 1.165) is 25.7 Å². The highest BCUT2D eigenvalue weighted by Crippen LogP contribution is 2.23. The zero-order chi connectivity index (χ0) is 14.7. The van der Waals surface area contributed by atoms with Gasteiger partial charge in [0.2, 0.25) is 0 Å². The lowest BCUT2D eigenvalue weighted by Gasteiger charge is -2.24. The lowest BCUT2D eigenvalue weighted by atomic mass is 9.95. The Kier molecular flexibility index (Phi) is 4.15. The summed E-state index contributed by atoms with van der Waals surface area (Å²) in [6.07, 6.45) is 8.63. The van der Waals surface area contributed by atoms with Gasteiger partial charge in [0.05, 0.1) is 5.56 Å². The Morgan fingerprint density at radius 2 is 2.19 bits per heavy atom. The number of carbonyl (C=O) groups is 1.